The molecule has 4 rings (SSSR count). The van der Waals surface area contributed by atoms with Crippen molar-refractivity contribution in [1.29, 1.82) is 0 Å². The van der Waals surface area contributed by atoms with Gasteiger partial charge in [-0.1, -0.05) is 18.2 Å². The Balaban J connectivity index is 0.000000646. The number of carboxylic acid groups (broad SMARTS) is 1. The molecule has 0 bridgehead atoms. The first-order chi connectivity index (χ1) is 20.1. The number of hydrogen-bond donors (Lipinski definition) is 3. The molecular weight excluding hydrogens is 595 g/mol. The van der Waals surface area contributed by atoms with Crippen molar-refractivity contribution < 1.29 is 51.0 Å². The van der Waals surface area contributed by atoms with Gasteiger partial charge in [-0.25, -0.2) is 18.7 Å². The molecule has 3 N–H and O–H groups in total. The van der Waals surface area contributed by atoms with E-state index in [9.17, 15) is 31.2 Å². The van der Waals surface area contributed by atoms with Crippen molar-refractivity contribution in [2.24, 2.45) is 0 Å². The van der Waals surface area contributed by atoms with Gasteiger partial charge in [0.2, 0.25) is 11.8 Å². The van der Waals surface area contributed by atoms with Crippen LogP contribution in [-0.2, 0) is 30.8 Å². The number of nitrogens with zero attached hydrogens (tertiary/aromatic N) is 2. The maximum Gasteiger partial charge on any atom is 0.490 e. The van der Waals surface area contributed by atoms with Gasteiger partial charge in [0.25, 0.3) is 0 Å². The summed E-state index contributed by atoms with van der Waals surface area (Å²) in [6.45, 7) is 3.93. The Labute approximate surface area is 245 Å². The van der Waals surface area contributed by atoms with E-state index in [1.807, 2.05) is 37.3 Å². The fraction of sp³-hybridized carbons (Fsp3) is 0.357. The quantitative estimate of drug-likeness (QED) is 0.250. The lowest BCUT2D eigenvalue weighted by molar-refractivity contribution is -0.192. The molecular formula is C28H30F3N3O8S. The monoisotopic (exact) mass is 625 g/mol. The molecule has 1 saturated heterocycles. The van der Waals surface area contributed by atoms with Crippen LogP contribution in [0.4, 0.5) is 13.2 Å². The smallest absolute Gasteiger partial charge is 0.489 e. The maximum atomic E-state index is 13.3. The lowest BCUT2D eigenvalue weighted by Crippen LogP contribution is -2.53. The van der Waals surface area contributed by atoms with E-state index in [1.165, 1.54) is 24.0 Å². The minimum Gasteiger partial charge on any atom is -0.489 e. The summed E-state index contributed by atoms with van der Waals surface area (Å²) in [7, 11) is -3.86. The molecule has 11 nitrogen and oxygen atoms in total. The number of amides is 2. The average molecular weight is 626 g/mol. The molecule has 1 unspecified atom stereocenters. The zero-order valence-corrected chi connectivity index (χ0v) is 24.0. The highest BCUT2D eigenvalue weighted by molar-refractivity contribution is 7.91. The lowest BCUT2D eigenvalue weighted by atomic mass is 9.93. The molecule has 0 aliphatic carbocycles. The number of ether oxygens (including phenoxy) is 1. The standard InChI is InChI=1S/C26H29N3O6S.C2HF3O2/c1-18-14-20(23-6-3-4-7-24(23)27-18)16-35-21-8-10-22(11-9-21)36(33,34)17-26(15-25(31)28-32)12-5-13-29(26)19(2)30;3-2(4,5)1(6)7/h3-4,6-11,14,32H,5,12-13,15-17H2,1-2H3,(H,28,31);(H,6,7). The largest absolute Gasteiger partial charge is 0.490 e. The normalized spacial score (nSPS) is 16.7. The molecule has 2 aromatic carbocycles. The fourth-order valence-electron chi connectivity index (χ4n) is 5.01. The van der Waals surface area contributed by atoms with E-state index in [0.29, 0.717) is 31.7 Å². The van der Waals surface area contributed by atoms with Crippen LogP contribution in [0.2, 0.25) is 0 Å². The third kappa shape index (κ3) is 8.41. The van der Waals surface area contributed by atoms with Gasteiger partial charge in [0.15, 0.2) is 9.84 Å². The van der Waals surface area contributed by atoms with Crippen LogP contribution < -0.4 is 10.2 Å². The second-order valence-electron chi connectivity index (χ2n) is 9.97. The van der Waals surface area contributed by atoms with Gasteiger partial charge < -0.3 is 14.7 Å². The Bertz CT molecular complexity index is 1600. The number of alkyl halides is 3. The van der Waals surface area contributed by atoms with Crippen LogP contribution in [0.5, 0.6) is 5.75 Å². The van der Waals surface area contributed by atoms with Gasteiger partial charge in [0.05, 0.1) is 28.1 Å². The predicted octanol–water partition coefficient (Wildman–Crippen LogP) is 3.81. The SMILES string of the molecule is CC(=O)N1CCCC1(CC(=O)NO)CS(=O)(=O)c1ccc(OCc2cc(C)nc3ccccc23)cc1.O=C(O)C(F)(F)F. The van der Waals surface area contributed by atoms with Crippen LogP contribution in [0.15, 0.2) is 59.5 Å². The van der Waals surface area contributed by atoms with E-state index < -0.39 is 39.2 Å². The number of sulfone groups is 1. The molecule has 1 atom stereocenters. The molecule has 0 radical (unpaired) electrons. The topological polar surface area (TPSA) is 163 Å². The van der Waals surface area contributed by atoms with Crippen molar-refractivity contribution in [1.82, 2.24) is 15.4 Å². The Morgan fingerprint density at radius 3 is 2.33 bits per heavy atom. The van der Waals surface area contributed by atoms with Crippen molar-refractivity contribution in [3.63, 3.8) is 0 Å². The number of carbonyl (C=O) groups excluding carboxylic acids is 2. The highest BCUT2D eigenvalue weighted by Crippen LogP contribution is 2.36. The molecule has 232 valence electrons. The predicted molar refractivity (Wildman–Crippen MR) is 147 cm³/mol. The van der Waals surface area contributed by atoms with E-state index >= 15 is 0 Å². The van der Waals surface area contributed by atoms with Crippen molar-refractivity contribution in [2.75, 3.05) is 12.3 Å². The second kappa shape index (κ2) is 13.4. The van der Waals surface area contributed by atoms with Crippen molar-refractivity contribution in [3.8, 4) is 5.75 Å². The van der Waals surface area contributed by atoms with Crippen LogP contribution >= 0.6 is 0 Å². The number of aliphatic carboxylic acids is 1. The van der Waals surface area contributed by atoms with Crippen LogP contribution in [0, 0.1) is 6.92 Å². The minimum atomic E-state index is -5.08. The zero-order valence-electron chi connectivity index (χ0n) is 23.2. The molecule has 1 fully saturated rings. The first kappa shape index (κ1) is 33.3. The van der Waals surface area contributed by atoms with Gasteiger partial charge in [0, 0.05) is 30.1 Å². The summed E-state index contributed by atoms with van der Waals surface area (Å²) in [6, 6.07) is 15.9. The van der Waals surface area contributed by atoms with Crippen molar-refractivity contribution in [2.45, 2.75) is 56.3 Å². The summed E-state index contributed by atoms with van der Waals surface area (Å²) in [5.74, 6) is -3.72. The number of aromatic nitrogens is 1. The minimum absolute atomic E-state index is 0.0687. The van der Waals surface area contributed by atoms with Crippen LogP contribution in [-0.4, -0.2) is 70.4 Å². The number of fused-ring (bicyclic) bond motifs is 1. The molecule has 0 saturated carbocycles. The first-order valence-electron chi connectivity index (χ1n) is 12.9. The first-order valence-corrected chi connectivity index (χ1v) is 14.6. The van der Waals surface area contributed by atoms with E-state index in [-0.39, 0.29) is 17.2 Å². The van der Waals surface area contributed by atoms with Gasteiger partial charge in [-0.2, -0.15) is 13.2 Å². The Kier molecular flexibility index (Phi) is 10.3. The van der Waals surface area contributed by atoms with E-state index in [2.05, 4.69) is 4.98 Å². The summed E-state index contributed by atoms with van der Waals surface area (Å²) < 4.78 is 64.3. The molecule has 3 aromatic rings. The molecule has 15 heteroatoms. The van der Waals surface area contributed by atoms with E-state index in [4.69, 9.17) is 19.8 Å². The number of nitrogens with one attached hydrogen (secondary N) is 1. The molecule has 1 aliphatic heterocycles. The highest BCUT2D eigenvalue weighted by atomic mass is 32.2. The number of halogens is 3. The van der Waals surface area contributed by atoms with Gasteiger partial charge in [-0.3, -0.25) is 19.8 Å². The summed E-state index contributed by atoms with van der Waals surface area (Å²) in [6.07, 6.45) is -4.47. The molecule has 0 spiro atoms. The number of pyridine rings is 1. The summed E-state index contributed by atoms with van der Waals surface area (Å²) in [5.41, 5.74) is 3.08. The number of carboxylic acids is 1. The van der Waals surface area contributed by atoms with Crippen LogP contribution in [0.25, 0.3) is 10.9 Å². The number of hydrogen-bond acceptors (Lipinski definition) is 8. The van der Waals surface area contributed by atoms with Crippen LogP contribution in [0.1, 0.15) is 37.4 Å². The number of hydroxylamine groups is 1. The molecule has 2 amide bonds. The van der Waals surface area contributed by atoms with Crippen LogP contribution in [0.3, 0.4) is 0 Å². The second-order valence-corrected chi connectivity index (χ2v) is 12.0. The van der Waals surface area contributed by atoms with Crippen molar-refractivity contribution >= 4 is 38.5 Å². The third-order valence-corrected chi connectivity index (χ3v) is 8.71. The number of para-hydroxylation sites is 1. The lowest BCUT2D eigenvalue weighted by Gasteiger charge is -2.37. The molecule has 1 aliphatic rings. The third-order valence-electron chi connectivity index (χ3n) is 6.80. The zero-order chi connectivity index (χ0) is 32.0. The van der Waals surface area contributed by atoms with Gasteiger partial charge in [-0.05, 0) is 56.2 Å². The average Bonchev–Trinajstić information content (AvgIpc) is 3.33. The Hall–Kier alpha value is -4.24. The summed E-state index contributed by atoms with van der Waals surface area (Å²) in [4.78, 5) is 39.1. The van der Waals surface area contributed by atoms with Gasteiger partial charge >= 0.3 is 12.1 Å². The Morgan fingerprint density at radius 2 is 1.74 bits per heavy atom. The summed E-state index contributed by atoms with van der Waals surface area (Å²) in [5, 5.41) is 17.1. The maximum absolute atomic E-state index is 13.3. The number of carbonyl (C=O) groups is 3. The molecule has 1 aromatic heterocycles. The van der Waals surface area contributed by atoms with E-state index in [0.717, 1.165) is 22.2 Å². The Morgan fingerprint density at radius 1 is 1.12 bits per heavy atom. The molecule has 2 heterocycles. The summed E-state index contributed by atoms with van der Waals surface area (Å²) >= 11 is 0. The number of benzene rings is 2. The molecule has 43 heavy (non-hydrogen) atoms. The van der Waals surface area contributed by atoms with Crippen molar-refractivity contribution in [3.05, 3.63) is 65.9 Å². The van der Waals surface area contributed by atoms with Gasteiger partial charge in [-0.15, -0.1) is 0 Å². The number of aryl methyl sites for hydroxylation is 1. The van der Waals surface area contributed by atoms with Gasteiger partial charge in [0.1, 0.15) is 12.4 Å². The van der Waals surface area contributed by atoms with E-state index in [1.54, 1.807) is 17.6 Å². The number of rotatable bonds is 8. The highest BCUT2D eigenvalue weighted by Gasteiger charge is 2.47. The fourth-order valence-corrected chi connectivity index (χ4v) is 6.84. The number of likely N-dealkylation sites (tertiary alicyclic amines) is 1.